The van der Waals surface area contributed by atoms with Crippen molar-refractivity contribution in [2.24, 2.45) is 11.7 Å². The zero-order valence-corrected chi connectivity index (χ0v) is 28.4. The van der Waals surface area contributed by atoms with E-state index in [0.29, 0.717) is 60.9 Å². The minimum absolute atomic E-state index is 0.0527. The Morgan fingerprint density at radius 2 is 1.78 bits per heavy atom. The molecular weight excluding hydrogens is 655 g/mol. The van der Waals surface area contributed by atoms with Crippen molar-refractivity contribution in [2.45, 2.75) is 70.6 Å². The van der Waals surface area contributed by atoms with E-state index in [2.05, 4.69) is 4.98 Å². The first-order valence-electron chi connectivity index (χ1n) is 16.5. The number of nitriles is 1. The number of fused-ring (bicyclic) bond motifs is 1. The predicted molar refractivity (Wildman–Crippen MR) is 177 cm³/mol. The number of methoxy groups -OCH3 is 1. The molecule has 2 N–H and O–H groups in total. The number of aromatic nitrogens is 3. The summed E-state index contributed by atoms with van der Waals surface area (Å²) in [6.07, 6.45) is -2.20. The number of benzene rings is 1. The first-order chi connectivity index (χ1) is 23.8. The number of carbonyl (C=O) groups is 2. The summed E-state index contributed by atoms with van der Waals surface area (Å²) in [6, 6.07) is 8.36. The molecule has 4 heterocycles. The Balaban J connectivity index is 1.62. The monoisotopic (exact) mass is 695 g/mol. The van der Waals surface area contributed by atoms with E-state index in [1.54, 1.807) is 32.2 Å². The van der Waals surface area contributed by atoms with E-state index in [1.807, 2.05) is 17.9 Å². The molecule has 2 aliphatic heterocycles. The third-order valence-electron chi connectivity index (χ3n) is 9.17. The molecule has 50 heavy (non-hydrogen) atoms. The molecule has 15 heteroatoms. The molecule has 0 unspecified atom stereocenters. The standard InChI is InChI=1S/C35H40F3N7O5/c1-5-34(40)18-25(30-27(8-9-29(43-30)48-4)45(34)33(47)50-7-3)31-41-20-28(44-12-10-23(11-13-44)32(46)49-6-2)26(42-31)17-21-14-22(19-39)16-24(15-21)35(36,37)38/h8-9,14-16,20,23,25H,5-7,10-13,17-18,40H2,1-4H3/t25-,34+/m0/s1. The quantitative estimate of drug-likeness (QED) is 0.274. The molecule has 2 atom stereocenters. The number of hydrogen-bond acceptors (Lipinski definition) is 11. The number of rotatable bonds is 9. The molecule has 1 fully saturated rings. The average Bonchev–Trinajstić information content (AvgIpc) is 3.10. The van der Waals surface area contributed by atoms with Crippen molar-refractivity contribution >= 4 is 23.4 Å². The smallest absolute Gasteiger partial charge is 0.416 e. The Hall–Kier alpha value is -4.97. The van der Waals surface area contributed by atoms with E-state index in [0.717, 1.165) is 12.1 Å². The summed E-state index contributed by atoms with van der Waals surface area (Å²) in [6.45, 7) is 6.64. The highest BCUT2D eigenvalue weighted by Crippen LogP contribution is 2.46. The number of esters is 1. The van der Waals surface area contributed by atoms with E-state index in [-0.39, 0.29) is 54.9 Å². The highest BCUT2D eigenvalue weighted by Gasteiger charge is 2.47. The zero-order chi connectivity index (χ0) is 36.2. The van der Waals surface area contributed by atoms with Crippen molar-refractivity contribution in [1.82, 2.24) is 15.0 Å². The Kier molecular flexibility index (Phi) is 10.8. The number of pyridine rings is 1. The molecule has 0 radical (unpaired) electrons. The lowest BCUT2D eigenvalue weighted by Gasteiger charge is -2.46. The minimum Gasteiger partial charge on any atom is -0.481 e. The second-order valence-corrected chi connectivity index (χ2v) is 12.3. The van der Waals surface area contributed by atoms with Gasteiger partial charge < -0.3 is 24.8 Å². The van der Waals surface area contributed by atoms with Crippen LogP contribution in [0, 0.1) is 17.2 Å². The lowest BCUT2D eigenvalue weighted by Crippen LogP contribution is -2.61. The van der Waals surface area contributed by atoms with Crippen molar-refractivity contribution in [2.75, 3.05) is 43.2 Å². The SMILES string of the molecule is CCOC(=O)C1CCN(c2cnc([C@H]3C[C@@](N)(CC)N(C(=O)OCC)c4ccc(OC)nc43)nc2Cc2cc(C#N)cc(C(F)(F)F)c2)CC1. The van der Waals surface area contributed by atoms with Crippen LogP contribution < -0.4 is 20.3 Å². The summed E-state index contributed by atoms with van der Waals surface area (Å²) in [7, 11) is 1.47. The van der Waals surface area contributed by atoms with Gasteiger partial charge >= 0.3 is 18.2 Å². The van der Waals surface area contributed by atoms with Crippen molar-refractivity contribution in [3.8, 4) is 11.9 Å². The molecule has 0 spiro atoms. The van der Waals surface area contributed by atoms with Crippen LogP contribution in [-0.4, -0.2) is 66.1 Å². The molecule has 2 aromatic heterocycles. The lowest BCUT2D eigenvalue weighted by molar-refractivity contribution is -0.148. The van der Waals surface area contributed by atoms with E-state index in [4.69, 9.17) is 29.9 Å². The van der Waals surface area contributed by atoms with Crippen LogP contribution in [0.15, 0.2) is 36.5 Å². The van der Waals surface area contributed by atoms with Gasteiger partial charge in [-0.05, 0) is 69.4 Å². The van der Waals surface area contributed by atoms with Crippen molar-refractivity contribution in [1.29, 1.82) is 5.26 Å². The largest absolute Gasteiger partial charge is 0.481 e. The molecule has 1 amide bonds. The molecule has 1 aromatic carbocycles. The van der Waals surface area contributed by atoms with Gasteiger partial charge in [0.2, 0.25) is 5.88 Å². The molecule has 266 valence electrons. The van der Waals surface area contributed by atoms with Gasteiger partial charge in [0.1, 0.15) is 11.5 Å². The Bertz CT molecular complexity index is 1770. The van der Waals surface area contributed by atoms with Gasteiger partial charge in [-0.15, -0.1) is 0 Å². The van der Waals surface area contributed by atoms with Gasteiger partial charge in [0, 0.05) is 25.6 Å². The summed E-state index contributed by atoms with van der Waals surface area (Å²) < 4.78 is 57.6. The molecule has 3 aromatic rings. The van der Waals surface area contributed by atoms with Crippen LogP contribution in [0.2, 0.25) is 0 Å². The maximum atomic E-state index is 13.9. The lowest BCUT2D eigenvalue weighted by atomic mass is 9.83. The summed E-state index contributed by atoms with van der Waals surface area (Å²) in [4.78, 5) is 43.5. The number of nitrogens with zero attached hydrogens (tertiary/aromatic N) is 6. The maximum absolute atomic E-state index is 13.9. The number of nitrogens with two attached hydrogens (primary N) is 1. The van der Waals surface area contributed by atoms with E-state index in [1.165, 1.54) is 18.1 Å². The Morgan fingerprint density at radius 1 is 1.06 bits per heavy atom. The fourth-order valence-corrected chi connectivity index (χ4v) is 6.59. The van der Waals surface area contributed by atoms with Gasteiger partial charge in [-0.25, -0.2) is 19.7 Å². The number of amides is 1. The van der Waals surface area contributed by atoms with Crippen LogP contribution in [0.3, 0.4) is 0 Å². The van der Waals surface area contributed by atoms with E-state index < -0.39 is 29.4 Å². The normalized spacial score (nSPS) is 19.4. The fraction of sp³-hybridized carbons (Fsp3) is 0.486. The van der Waals surface area contributed by atoms with Crippen LogP contribution in [-0.2, 0) is 26.9 Å². The van der Waals surface area contributed by atoms with E-state index >= 15 is 0 Å². The van der Waals surface area contributed by atoms with Crippen molar-refractivity contribution in [3.63, 3.8) is 0 Å². The summed E-state index contributed by atoms with van der Waals surface area (Å²) in [5.74, 6) is -0.595. The molecule has 0 saturated carbocycles. The summed E-state index contributed by atoms with van der Waals surface area (Å²) in [5, 5.41) is 9.55. The van der Waals surface area contributed by atoms with E-state index in [9.17, 15) is 28.0 Å². The Labute approximate surface area is 288 Å². The van der Waals surface area contributed by atoms with Crippen LogP contribution in [0.1, 0.15) is 86.3 Å². The predicted octanol–water partition coefficient (Wildman–Crippen LogP) is 5.70. The second kappa shape index (κ2) is 14.9. The number of hydrogen-bond donors (Lipinski definition) is 1. The molecule has 5 rings (SSSR count). The second-order valence-electron chi connectivity index (χ2n) is 12.3. The van der Waals surface area contributed by atoms with Gasteiger partial charge in [-0.3, -0.25) is 9.69 Å². The summed E-state index contributed by atoms with van der Waals surface area (Å²) in [5.41, 5.74) is 6.71. The number of anilines is 2. The van der Waals surface area contributed by atoms with Crippen molar-refractivity contribution in [3.05, 3.63) is 70.4 Å². The van der Waals surface area contributed by atoms with Crippen LogP contribution in [0.4, 0.5) is 29.3 Å². The molecule has 2 aliphatic rings. The van der Waals surface area contributed by atoms with Crippen molar-refractivity contribution < 1.29 is 37.0 Å². The highest BCUT2D eigenvalue weighted by molar-refractivity contribution is 5.91. The van der Waals surface area contributed by atoms with Crippen LogP contribution in [0.25, 0.3) is 0 Å². The first kappa shape index (κ1) is 36.3. The van der Waals surface area contributed by atoms with Crippen LogP contribution in [0.5, 0.6) is 5.88 Å². The molecule has 1 saturated heterocycles. The molecule has 0 aliphatic carbocycles. The van der Waals surface area contributed by atoms with Gasteiger partial charge in [-0.1, -0.05) is 6.92 Å². The topological polar surface area (TPSA) is 157 Å². The number of halogens is 3. The molecule has 0 bridgehead atoms. The third-order valence-corrected chi connectivity index (χ3v) is 9.17. The molecule has 12 nitrogen and oxygen atoms in total. The fourth-order valence-electron chi connectivity index (χ4n) is 6.59. The first-order valence-corrected chi connectivity index (χ1v) is 16.5. The Morgan fingerprint density at radius 3 is 2.40 bits per heavy atom. The number of carbonyl (C=O) groups excluding carboxylic acids is 2. The van der Waals surface area contributed by atoms with Gasteiger partial charge in [0.15, 0.2) is 0 Å². The number of piperidine rings is 1. The summed E-state index contributed by atoms with van der Waals surface area (Å²) >= 11 is 0. The minimum atomic E-state index is -4.66. The number of ether oxygens (including phenoxy) is 3. The number of alkyl halides is 3. The third kappa shape index (κ3) is 7.45. The molecular formula is C35H40F3N7O5. The zero-order valence-electron chi connectivity index (χ0n) is 28.4. The van der Waals surface area contributed by atoms with Crippen LogP contribution >= 0.6 is 0 Å². The van der Waals surface area contributed by atoms with Gasteiger partial charge in [-0.2, -0.15) is 18.4 Å². The van der Waals surface area contributed by atoms with Gasteiger partial charge in [0.25, 0.3) is 0 Å². The average molecular weight is 696 g/mol. The maximum Gasteiger partial charge on any atom is 0.416 e. The highest BCUT2D eigenvalue weighted by atomic mass is 19.4. The van der Waals surface area contributed by atoms with Gasteiger partial charge in [0.05, 0.1) is 78.3 Å².